The van der Waals surface area contributed by atoms with Crippen molar-refractivity contribution in [2.75, 3.05) is 0 Å². The Bertz CT molecular complexity index is 371. The Balaban J connectivity index is 1.81. The monoisotopic (exact) mass is 284 g/mol. The van der Waals surface area contributed by atoms with Gasteiger partial charge in [0.2, 0.25) is 0 Å². The number of nitrogens with zero attached hydrogens (tertiary/aromatic N) is 3. The van der Waals surface area contributed by atoms with Crippen LogP contribution in [0, 0.1) is 17.8 Å². The molecular weight excluding hydrogens is 268 g/mol. The molecule has 5 heteroatoms. The number of hydrogen-bond donors (Lipinski definition) is 1. The topological polar surface area (TPSA) is 56.7 Å². The molecule has 16 heavy (non-hydrogen) atoms. The van der Waals surface area contributed by atoms with Gasteiger partial charge in [-0.1, -0.05) is 18.1 Å². The van der Waals surface area contributed by atoms with Gasteiger partial charge >= 0.3 is 0 Å². The third kappa shape index (κ3) is 1.52. The van der Waals surface area contributed by atoms with Gasteiger partial charge in [0.1, 0.15) is 0 Å². The number of aromatic nitrogens is 3. The molecule has 0 spiro atoms. The first-order chi connectivity index (χ1) is 7.70. The van der Waals surface area contributed by atoms with Crippen molar-refractivity contribution in [1.82, 2.24) is 15.0 Å². The standard InChI is InChI=1S/C11H17BrN4/c1-16-10(11(12)14-15-16)9(13)8-6-4-2-3-5-7(6)8/h6-9H,2-5,13H2,1H3. The van der Waals surface area contributed by atoms with Gasteiger partial charge < -0.3 is 5.73 Å². The van der Waals surface area contributed by atoms with E-state index < -0.39 is 0 Å². The van der Waals surface area contributed by atoms with Crippen LogP contribution in [0.25, 0.3) is 0 Å². The van der Waals surface area contributed by atoms with Gasteiger partial charge in [0.25, 0.3) is 0 Å². The van der Waals surface area contributed by atoms with Crippen molar-refractivity contribution in [2.45, 2.75) is 31.7 Å². The van der Waals surface area contributed by atoms with Crippen LogP contribution in [-0.2, 0) is 7.05 Å². The Labute approximate surface area is 104 Å². The molecule has 0 radical (unpaired) electrons. The van der Waals surface area contributed by atoms with E-state index in [9.17, 15) is 0 Å². The molecular formula is C11H17BrN4. The first-order valence-electron chi connectivity index (χ1n) is 6.01. The van der Waals surface area contributed by atoms with E-state index in [4.69, 9.17) is 5.73 Å². The van der Waals surface area contributed by atoms with Crippen molar-refractivity contribution in [2.24, 2.45) is 30.5 Å². The van der Waals surface area contributed by atoms with Crippen LogP contribution in [0.3, 0.4) is 0 Å². The van der Waals surface area contributed by atoms with Gasteiger partial charge in [0, 0.05) is 7.05 Å². The third-order valence-electron chi connectivity index (χ3n) is 4.28. The van der Waals surface area contributed by atoms with Crippen LogP contribution >= 0.6 is 15.9 Å². The molecule has 1 aromatic heterocycles. The zero-order valence-electron chi connectivity index (χ0n) is 9.43. The zero-order valence-corrected chi connectivity index (χ0v) is 11.0. The summed E-state index contributed by atoms with van der Waals surface area (Å²) in [6.07, 6.45) is 5.50. The molecule has 2 aliphatic rings. The van der Waals surface area contributed by atoms with Crippen LogP contribution in [0.15, 0.2) is 4.60 Å². The molecule has 2 fully saturated rings. The summed E-state index contributed by atoms with van der Waals surface area (Å²) in [5.41, 5.74) is 7.43. The summed E-state index contributed by atoms with van der Waals surface area (Å²) in [7, 11) is 1.92. The Kier molecular flexibility index (Phi) is 2.55. The largest absolute Gasteiger partial charge is 0.322 e. The molecule has 3 rings (SSSR count). The Morgan fingerprint density at radius 2 is 2.00 bits per heavy atom. The molecule has 3 unspecified atom stereocenters. The SMILES string of the molecule is Cn1nnc(Br)c1C(N)C1C2CCCCC21. The van der Waals surface area contributed by atoms with Gasteiger partial charge in [-0.15, -0.1) is 5.10 Å². The number of nitrogens with two attached hydrogens (primary N) is 1. The van der Waals surface area contributed by atoms with Crippen molar-refractivity contribution in [3.63, 3.8) is 0 Å². The second-order valence-electron chi connectivity index (χ2n) is 5.10. The number of aryl methyl sites for hydroxylation is 1. The summed E-state index contributed by atoms with van der Waals surface area (Å²) in [5.74, 6) is 2.40. The molecule has 1 heterocycles. The summed E-state index contributed by atoms with van der Waals surface area (Å²) in [4.78, 5) is 0. The number of rotatable bonds is 2. The highest BCUT2D eigenvalue weighted by Gasteiger charge is 2.54. The van der Waals surface area contributed by atoms with E-state index in [0.29, 0.717) is 5.92 Å². The smallest absolute Gasteiger partial charge is 0.153 e. The summed E-state index contributed by atoms with van der Waals surface area (Å²) in [6, 6.07) is 0.0995. The van der Waals surface area contributed by atoms with Crippen LogP contribution < -0.4 is 5.73 Å². The normalized spacial score (nSPS) is 34.6. The molecule has 1 aromatic rings. The molecule has 0 bridgehead atoms. The van der Waals surface area contributed by atoms with Crippen LogP contribution in [0.5, 0.6) is 0 Å². The number of hydrogen-bond acceptors (Lipinski definition) is 3. The van der Waals surface area contributed by atoms with E-state index in [1.807, 2.05) is 7.05 Å². The Morgan fingerprint density at radius 3 is 2.50 bits per heavy atom. The van der Waals surface area contributed by atoms with Crippen molar-refractivity contribution >= 4 is 15.9 Å². The minimum absolute atomic E-state index is 0.0995. The molecule has 0 aliphatic heterocycles. The lowest BCUT2D eigenvalue weighted by Gasteiger charge is -2.11. The van der Waals surface area contributed by atoms with Gasteiger partial charge in [-0.25, -0.2) is 4.68 Å². The lowest BCUT2D eigenvalue weighted by atomic mass is 10.0. The van der Waals surface area contributed by atoms with Crippen molar-refractivity contribution < 1.29 is 0 Å². The highest BCUT2D eigenvalue weighted by Crippen LogP contribution is 2.59. The maximum Gasteiger partial charge on any atom is 0.153 e. The maximum atomic E-state index is 6.38. The van der Waals surface area contributed by atoms with Gasteiger partial charge in [-0.2, -0.15) is 0 Å². The van der Waals surface area contributed by atoms with E-state index in [1.54, 1.807) is 4.68 Å². The highest BCUT2D eigenvalue weighted by molar-refractivity contribution is 9.10. The minimum atomic E-state index is 0.0995. The first-order valence-corrected chi connectivity index (χ1v) is 6.80. The quantitative estimate of drug-likeness (QED) is 0.904. The van der Waals surface area contributed by atoms with Gasteiger partial charge in [0.15, 0.2) is 4.60 Å². The minimum Gasteiger partial charge on any atom is -0.322 e. The fourth-order valence-electron chi connectivity index (χ4n) is 3.46. The molecule has 0 amide bonds. The van der Waals surface area contributed by atoms with Crippen LogP contribution in [0.2, 0.25) is 0 Å². The van der Waals surface area contributed by atoms with E-state index in [2.05, 4.69) is 26.2 Å². The molecule has 88 valence electrons. The van der Waals surface area contributed by atoms with Crippen molar-refractivity contribution in [3.05, 3.63) is 10.3 Å². The average Bonchev–Trinajstić information content (AvgIpc) is 2.91. The summed E-state index contributed by atoms with van der Waals surface area (Å²) >= 11 is 3.44. The molecule has 2 N–H and O–H groups in total. The highest BCUT2D eigenvalue weighted by atomic mass is 79.9. The van der Waals surface area contributed by atoms with Gasteiger partial charge in [-0.3, -0.25) is 0 Å². The summed E-state index contributed by atoms with van der Waals surface area (Å²) < 4.78 is 2.62. The van der Waals surface area contributed by atoms with Crippen LogP contribution in [-0.4, -0.2) is 15.0 Å². The molecule has 4 nitrogen and oxygen atoms in total. The predicted molar refractivity (Wildman–Crippen MR) is 64.6 cm³/mol. The van der Waals surface area contributed by atoms with Crippen molar-refractivity contribution in [1.29, 1.82) is 0 Å². The molecule has 0 saturated heterocycles. The lowest BCUT2D eigenvalue weighted by molar-refractivity contribution is 0.480. The van der Waals surface area contributed by atoms with E-state index >= 15 is 0 Å². The van der Waals surface area contributed by atoms with Crippen LogP contribution in [0.4, 0.5) is 0 Å². The molecule has 0 aromatic carbocycles. The number of fused-ring (bicyclic) bond motifs is 1. The predicted octanol–water partition coefficient (Wildman–Crippen LogP) is 2.01. The number of halogens is 1. The van der Waals surface area contributed by atoms with E-state index in [-0.39, 0.29) is 6.04 Å². The Morgan fingerprint density at radius 1 is 1.38 bits per heavy atom. The van der Waals surface area contributed by atoms with E-state index in [1.165, 1.54) is 25.7 Å². The average molecular weight is 285 g/mol. The van der Waals surface area contributed by atoms with Crippen LogP contribution in [0.1, 0.15) is 37.4 Å². The second kappa shape index (κ2) is 3.81. The molecule has 2 aliphatic carbocycles. The first kappa shape index (κ1) is 10.7. The van der Waals surface area contributed by atoms with Crippen molar-refractivity contribution in [3.8, 4) is 0 Å². The fourth-order valence-corrected chi connectivity index (χ4v) is 4.05. The lowest BCUT2D eigenvalue weighted by Crippen LogP contribution is -2.18. The molecule has 3 atom stereocenters. The van der Waals surface area contributed by atoms with Gasteiger partial charge in [0.05, 0.1) is 11.7 Å². The molecule has 2 saturated carbocycles. The second-order valence-corrected chi connectivity index (χ2v) is 5.86. The summed E-state index contributed by atoms with van der Waals surface area (Å²) in [6.45, 7) is 0. The fraction of sp³-hybridized carbons (Fsp3) is 0.818. The third-order valence-corrected chi connectivity index (χ3v) is 4.84. The van der Waals surface area contributed by atoms with Gasteiger partial charge in [-0.05, 0) is 46.5 Å². The van der Waals surface area contributed by atoms with E-state index in [0.717, 1.165) is 22.1 Å². The Hall–Kier alpha value is -0.420. The maximum absolute atomic E-state index is 6.38. The zero-order chi connectivity index (χ0) is 11.3. The summed E-state index contributed by atoms with van der Waals surface area (Å²) in [5, 5.41) is 8.02.